The number of benzene rings is 1. The summed E-state index contributed by atoms with van der Waals surface area (Å²) in [5.74, 6) is -0.182. The fraction of sp³-hybridized carbons (Fsp3) is 0.273. The van der Waals surface area contributed by atoms with Gasteiger partial charge in [-0.2, -0.15) is 4.37 Å². The third-order valence-corrected chi connectivity index (χ3v) is 2.96. The Kier molecular flexibility index (Phi) is 3.46. The molecule has 0 saturated carbocycles. The zero-order valence-electron chi connectivity index (χ0n) is 8.90. The number of halogens is 1. The van der Waals surface area contributed by atoms with Crippen LogP contribution < -0.4 is 5.32 Å². The Bertz CT molecular complexity index is 456. The summed E-state index contributed by atoms with van der Waals surface area (Å²) < 4.78 is 16.8. The quantitative estimate of drug-likeness (QED) is 0.888. The lowest BCUT2D eigenvalue weighted by atomic mass is 10.1. The molecule has 0 aliphatic rings. The Balaban J connectivity index is 1.90. The van der Waals surface area contributed by atoms with Crippen molar-refractivity contribution in [1.29, 1.82) is 0 Å². The van der Waals surface area contributed by atoms with Gasteiger partial charge in [0.1, 0.15) is 12.1 Å². The molecular weight excluding hydrogens is 225 g/mol. The summed E-state index contributed by atoms with van der Waals surface area (Å²) in [5.41, 5.74) is 2.14. The van der Waals surface area contributed by atoms with Crippen LogP contribution in [0, 0.1) is 12.7 Å². The van der Waals surface area contributed by atoms with E-state index in [0.29, 0.717) is 0 Å². The minimum Gasteiger partial charge on any atom is -0.360 e. The fourth-order valence-electron chi connectivity index (χ4n) is 1.49. The molecule has 3 nitrogen and oxygen atoms in total. The molecule has 1 heterocycles. The third kappa shape index (κ3) is 2.76. The van der Waals surface area contributed by atoms with Gasteiger partial charge in [0.05, 0.1) is 0 Å². The zero-order chi connectivity index (χ0) is 11.4. The first-order chi connectivity index (χ1) is 7.75. The summed E-state index contributed by atoms with van der Waals surface area (Å²) in [7, 11) is 0. The van der Waals surface area contributed by atoms with E-state index in [9.17, 15) is 4.39 Å². The van der Waals surface area contributed by atoms with Crippen LogP contribution in [0.2, 0.25) is 0 Å². The highest BCUT2D eigenvalue weighted by molar-refractivity contribution is 7.09. The molecule has 0 atom stereocenters. The van der Waals surface area contributed by atoms with E-state index in [4.69, 9.17) is 0 Å². The Morgan fingerprint density at radius 3 is 3.00 bits per heavy atom. The maximum Gasteiger partial charge on any atom is 0.202 e. The molecule has 0 saturated heterocycles. The Hall–Kier alpha value is -1.49. The van der Waals surface area contributed by atoms with Crippen LogP contribution in [0.4, 0.5) is 9.52 Å². The van der Waals surface area contributed by atoms with Crippen molar-refractivity contribution in [3.05, 3.63) is 41.5 Å². The van der Waals surface area contributed by atoms with Crippen molar-refractivity contribution in [3.8, 4) is 0 Å². The summed E-state index contributed by atoms with van der Waals surface area (Å²) in [6.07, 6.45) is 2.38. The van der Waals surface area contributed by atoms with Crippen LogP contribution in [0.1, 0.15) is 11.1 Å². The maximum atomic E-state index is 12.9. The highest BCUT2D eigenvalue weighted by atomic mass is 32.1. The van der Waals surface area contributed by atoms with Gasteiger partial charge in [0.2, 0.25) is 5.13 Å². The van der Waals surface area contributed by atoms with Crippen molar-refractivity contribution >= 4 is 16.7 Å². The van der Waals surface area contributed by atoms with E-state index < -0.39 is 0 Å². The first kappa shape index (κ1) is 11.0. The number of hydrogen-bond acceptors (Lipinski definition) is 4. The van der Waals surface area contributed by atoms with Crippen LogP contribution in [-0.2, 0) is 6.42 Å². The fourth-order valence-corrected chi connectivity index (χ4v) is 1.95. The number of hydrogen-bond donors (Lipinski definition) is 1. The molecule has 0 spiro atoms. The van der Waals surface area contributed by atoms with E-state index in [1.54, 1.807) is 6.07 Å². The van der Waals surface area contributed by atoms with Crippen LogP contribution in [0.15, 0.2) is 24.5 Å². The van der Waals surface area contributed by atoms with Gasteiger partial charge in [-0.25, -0.2) is 9.37 Å². The number of nitrogens with zero attached hydrogens (tertiary/aromatic N) is 2. The van der Waals surface area contributed by atoms with Gasteiger partial charge < -0.3 is 5.32 Å². The number of aromatic nitrogens is 2. The topological polar surface area (TPSA) is 37.8 Å². The van der Waals surface area contributed by atoms with Crippen LogP contribution in [0.5, 0.6) is 0 Å². The second-order valence-corrected chi connectivity index (χ2v) is 4.27. The molecule has 0 fully saturated rings. The lowest BCUT2D eigenvalue weighted by Crippen LogP contribution is -2.05. The number of aryl methyl sites for hydroxylation is 1. The normalized spacial score (nSPS) is 10.4. The Morgan fingerprint density at radius 2 is 2.31 bits per heavy atom. The molecule has 1 aromatic carbocycles. The molecule has 5 heteroatoms. The molecule has 2 rings (SSSR count). The standard InChI is InChI=1S/C11H12FN3S/c1-8-6-10(12)3-2-9(8)4-5-13-11-14-7-15-16-11/h2-3,6-7H,4-5H2,1H3,(H,13,14,15). The minimum atomic E-state index is -0.182. The van der Waals surface area contributed by atoms with E-state index in [2.05, 4.69) is 14.7 Å². The molecule has 1 aromatic heterocycles. The van der Waals surface area contributed by atoms with E-state index in [1.165, 1.54) is 23.9 Å². The lowest BCUT2D eigenvalue weighted by molar-refractivity contribution is 0.625. The molecule has 16 heavy (non-hydrogen) atoms. The van der Waals surface area contributed by atoms with E-state index in [0.717, 1.165) is 29.2 Å². The van der Waals surface area contributed by atoms with Crippen molar-refractivity contribution in [2.45, 2.75) is 13.3 Å². The van der Waals surface area contributed by atoms with Crippen molar-refractivity contribution in [1.82, 2.24) is 9.36 Å². The van der Waals surface area contributed by atoms with E-state index in [1.807, 2.05) is 13.0 Å². The first-order valence-electron chi connectivity index (χ1n) is 5.01. The largest absolute Gasteiger partial charge is 0.360 e. The van der Waals surface area contributed by atoms with Crippen LogP contribution in [0.25, 0.3) is 0 Å². The first-order valence-corrected chi connectivity index (χ1v) is 5.78. The van der Waals surface area contributed by atoms with E-state index >= 15 is 0 Å². The van der Waals surface area contributed by atoms with Crippen molar-refractivity contribution < 1.29 is 4.39 Å². The molecule has 0 radical (unpaired) electrons. The Morgan fingerprint density at radius 1 is 1.44 bits per heavy atom. The second-order valence-electron chi connectivity index (χ2n) is 3.49. The minimum absolute atomic E-state index is 0.182. The van der Waals surface area contributed by atoms with Gasteiger partial charge in [-0.05, 0) is 36.6 Å². The molecule has 84 valence electrons. The van der Waals surface area contributed by atoms with Gasteiger partial charge in [-0.3, -0.25) is 0 Å². The monoisotopic (exact) mass is 237 g/mol. The number of anilines is 1. The molecule has 0 aliphatic carbocycles. The molecule has 0 bridgehead atoms. The van der Waals surface area contributed by atoms with E-state index in [-0.39, 0.29) is 5.82 Å². The maximum absolute atomic E-state index is 12.9. The summed E-state index contributed by atoms with van der Waals surface area (Å²) in [4.78, 5) is 4.02. The SMILES string of the molecule is Cc1cc(F)ccc1CCNc1ncns1. The second kappa shape index (κ2) is 5.03. The number of nitrogens with one attached hydrogen (secondary N) is 1. The third-order valence-electron chi connectivity index (χ3n) is 2.34. The predicted molar refractivity (Wildman–Crippen MR) is 63.2 cm³/mol. The average Bonchev–Trinajstić information content (AvgIpc) is 2.74. The number of rotatable bonds is 4. The van der Waals surface area contributed by atoms with Crippen molar-refractivity contribution in [2.75, 3.05) is 11.9 Å². The predicted octanol–water partition coefficient (Wildman–Crippen LogP) is 2.64. The van der Waals surface area contributed by atoms with Gasteiger partial charge in [-0.1, -0.05) is 6.07 Å². The Labute approximate surface area is 97.5 Å². The van der Waals surface area contributed by atoms with Gasteiger partial charge in [0, 0.05) is 18.1 Å². The molecule has 1 N–H and O–H groups in total. The van der Waals surface area contributed by atoms with Crippen LogP contribution >= 0.6 is 11.5 Å². The molecule has 0 unspecified atom stereocenters. The smallest absolute Gasteiger partial charge is 0.202 e. The molecular formula is C11H12FN3S. The molecule has 2 aromatic rings. The molecule has 0 aliphatic heterocycles. The highest BCUT2D eigenvalue weighted by Gasteiger charge is 2.00. The average molecular weight is 237 g/mol. The lowest BCUT2D eigenvalue weighted by Gasteiger charge is -2.06. The highest BCUT2D eigenvalue weighted by Crippen LogP contribution is 2.12. The zero-order valence-corrected chi connectivity index (χ0v) is 9.72. The van der Waals surface area contributed by atoms with Crippen molar-refractivity contribution in [3.63, 3.8) is 0 Å². The summed E-state index contributed by atoms with van der Waals surface area (Å²) in [6.45, 7) is 2.70. The summed E-state index contributed by atoms with van der Waals surface area (Å²) in [6, 6.07) is 4.88. The van der Waals surface area contributed by atoms with Crippen molar-refractivity contribution in [2.24, 2.45) is 0 Å². The van der Waals surface area contributed by atoms with Crippen LogP contribution in [-0.4, -0.2) is 15.9 Å². The van der Waals surface area contributed by atoms with Gasteiger partial charge in [0.15, 0.2) is 0 Å². The van der Waals surface area contributed by atoms with Gasteiger partial charge in [-0.15, -0.1) is 0 Å². The van der Waals surface area contributed by atoms with Crippen LogP contribution in [0.3, 0.4) is 0 Å². The summed E-state index contributed by atoms with van der Waals surface area (Å²) in [5, 5.41) is 3.99. The molecule has 0 amide bonds. The van der Waals surface area contributed by atoms with Gasteiger partial charge in [0.25, 0.3) is 0 Å². The summed E-state index contributed by atoms with van der Waals surface area (Å²) >= 11 is 1.33. The van der Waals surface area contributed by atoms with Gasteiger partial charge >= 0.3 is 0 Å².